The lowest BCUT2D eigenvalue weighted by Gasteiger charge is -2.33. The van der Waals surface area contributed by atoms with Crippen molar-refractivity contribution in [2.24, 2.45) is 0 Å². The molecule has 0 bridgehead atoms. The van der Waals surface area contributed by atoms with Gasteiger partial charge in [-0.3, -0.25) is 14.2 Å². The number of hydrogen-bond donors (Lipinski definition) is 0. The normalized spacial score (nSPS) is 16.0. The topological polar surface area (TPSA) is 92.8 Å². The van der Waals surface area contributed by atoms with Crippen LogP contribution >= 0.6 is 11.3 Å². The van der Waals surface area contributed by atoms with E-state index in [-0.39, 0.29) is 34.8 Å². The van der Waals surface area contributed by atoms with Crippen molar-refractivity contribution >= 4 is 43.6 Å². The molecule has 1 aliphatic rings. The van der Waals surface area contributed by atoms with Crippen molar-refractivity contribution in [3.8, 4) is 0 Å². The standard InChI is InChI=1S/C21H23N3O5S2/c1-15(2)24-18-7-6-17(14-19(18)30-21(24)26)31(27,28)23-11-9-22(10-12-23)20(25)8-5-16-4-3-13-29-16/h3-8,13-15H,9-12H2,1-2H3/b8-5+. The average molecular weight is 462 g/mol. The summed E-state index contributed by atoms with van der Waals surface area (Å²) in [6.07, 6.45) is 4.55. The average Bonchev–Trinajstić information content (AvgIpc) is 3.38. The highest BCUT2D eigenvalue weighted by atomic mass is 32.2. The van der Waals surface area contributed by atoms with E-state index in [9.17, 15) is 18.0 Å². The number of furan rings is 1. The van der Waals surface area contributed by atoms with Gasteiger partial charge in [0.1, 0.15) is 5.76 Å². The monoisotopic (exact) mass is 461 g/mol. The smallest absolute Gasteiger partial charge is 0.308 e. The number of fused-ring (bicyclic) bond motifs is 1. The Kier molecular flexibility index (Phi) is 5.87. The van der Waals surface area contributed by atoms with Crippen LogP contribution in [0.2, 0.25) is 0 Å². The summed E-state index contributed by atoms with van der Waals surface area (Å²) in [6.45, 7) is 4.87. The Morgan fingerprint density at radius 3 is 2.55 bits per heavy atom. The zero-order valence-corrected chi connectivity index (χ0v) is 18.9. The lowest BCUT2D eigenvalue weighted by molar-refractivity contribution is -0.127. The van der Waals surface area contributed by atoms with Gasteiger partial charge in [0.25, 0.3) is 0 Å². The van der Waals surface area contributed by atoms with Crippen molar-refractivity contribution in [1.29, 1.82) is 0 Å². The molecule has 0 radical (unpaired) electrons. The summed E-state index contributed by atoms with van der Waals surface area (Å²) in [5, 5.41) is 0. The molecular formula is C21H23N3O5S2. The van der Waals surface area contributed by atoms with Gasteiger partial charge in [-0.25, -0.2) is 8.42 Å². The molecule has 8 nitrogen and oxygen atoms in total. The molecule has 0 spiro atoms. The highest BCUT2D eigenvalue weighted by molar-refractivity contribution is 7.89. The fourth-order valence-corrected chi connectivity index (χ4v) is 6.19. The third-order valence-electron chi connectivity index (χ3n) is 5.22. The zero-order valence-electron chi connectivity index (χ0n) is 17.2. The number of sulfonamides is 1. The summed E-state index contributed by atoms with van der Waals surface area (Å²) in [5.74, 6) is 0.397. The molecule has 0 aliphatic carbocycles. The molecule has 1 fully saturated rings. The zero-order chi connectivity index (χ0) is 22.2. The Labute approximate surface area is 184 Å². The van der Waals surface area contributed by atoms with Crippen molar-refractivity contribution in [2.75, 3.05) is 26.2 Å². The summed E-state index contributed by atoms with van der Waals surface area (Å²) in [4.78, 5) is 26.3. The number of carbonyl (C=O) groups excluding carboxylic acids is 1. The van der Waals surface area contributed by atoms with Crippen LogP contribution in [0, 0.1) is 0 Å². The van der Waals surface area contributed by atoms with Gasteiger partial charge in [0.15, 0.2) is 0 Å². The van der Waals surface area contributed by atoms with E-state index < -0.39 is 10.0 Å². The molecule has 0 atom stereocenters. The first kappa shape index (κ1) is 21.5. The molecule has 3 heterocycles. The lowest BCUT2D eigenvalue weighted by atomic mass is 10.3. The van der Waals surface area contributed by atoms with Crippen molar-refractivity contribution in [3.63, 3.8) is 0 Å². The fourth-order valence-electron chi connectivity index (χ4n) is 3.61. The Morgan fingerprint density at radius 2 is 1.90 bits per heavy atom. The van der Waals surface area contributed by atoms with E-state index in [0.29, 0.717) is 23.5 Å². The largest absolute Gasteiger partial charge is 0.465 e. The van der Waals surface area contributed by atoms with Gasteiger partial charge in [-0.05, 0) is 50.3 Å². The molecule has 1 aromatic carbocycles. The van der Waals surface area contributed by atoms with Crippen LogP contribution in [0.3, 0.4) is 0 Å². The molecule has 0 N–H and O–H groups in total. The molecule has 0 saturated carbocycles. The van der Waals surface area contributed by atoms with Crippen LogP contribution in [0.1, 0.15) is 25.6 Å². The van der Waals surface area contributed by atoms with Crippen molar-refractivity contribution in [1.82, 2.24) is 13.8 Å². The van der Waals surface area contributed by atoms with Crippen LogP contribution in [0.25, 0.3) is 16.3 Å². The summed E-state index contributed by atoms with van der Waals surface area (Å²) < 4.78 is 35.1. The predicted octanol–water partition coefficient (Wildman–Crippen LogP) is 2.78. The summed E-state index contributed by atoms with van der Waals surface area (Å²) in [5.41, 5.74) is 0.739. The Morgan fingerprint density at radius 1 is 1.16 bits per heavy atom. The Balaban J connectivity index is 1.48. The van der Waals surface area contributed by atoms with Gasteiger partial charge in [0.2, 0.25) is 15.9 Å². The molecular weight excluding hydrogens is 438 g/mol. The van der Waals surface area contributed by atoms with Crippen LogP contribution in [-0.2, 0) is 14.8 Å². The van der Waals surface area contributed by atoms with E-state index in [1.165, 1.54) is 16.6 Å². The molecule has 1 aliphatic heterocycles. The van der Waals surface area contributed by atoms with Gasteiger partial charge in [0.05, 0.1) is 21.4 Å². The summed E-state index contributed by atoms with van der Waals surface area (Å²) in [6, 6.07) is 8.29. The molecule has 2 aromatic heterocycles. The molecule has 4 rings (SSSR count). The van der Waals surface area contributed by atoms with Gasteiger partial charge in [-0.2, -0.15) is 4.31 Å². The maximum atomic E-state index is 13.1. The first-order valence-electron chi connectivity index (χ1n) is 9.93. The van der Waals surface area contributed by atoms with E-state index in [0.717, 1.165) is 16.9 Å². The number of nitrogens with zero attached hydrogens (tertiary/aromatic N) is 3. The second kappa shape index (κ2) is 8.45. The third-order valence-corrected chi connectivity index (χ3v) is 8.04. The van der Waals surface area contributed by atoms with E-state index >= 15 is 0 Å². The SMILES string of the molecule is CC(C)n1c(=O)sc2cc(S(=O)(=O)N3CCN(C(=O)/C=C/c4ccco4)CC3)ccc21. The molecule has 164 valence electrons. The molecule has 10 heteroatoms. The lowest BCUT2D eigenvalue weighted by Crippen LogP contribution is -2.50. The minimum absolute atomic E-state index is 0.00356. The second-order valence-electron chi connectivity index (χ2n) is 7.54. The number of benzene rings is 1. The van der Waals surface area contributed by atoms with Crippen molar-refractivity contribution < 1.29 is 17.6 Å². The maximum Gasteiger partial charge on any atom is 0.308 e. The van der Waals surface area contributed by atoms with E-state index in [1.54, 1.807) is 45.9 Å². The maximum absolute atomic E-state index is 13.1. The highest BCUT2D eigenvalue weighted by Crippen LogP contribution is 2.26. The van der Waals surface area contributed by atoms with Gasteiger partial charge in [-0.15, -0.1) is 0 Å². The number of amides is 1. The molecule has 1 saturated heterocycles. The summed E-state index contributed by atoms with van der Waals surface area (Å²) in [7, 11) is -3.72. The number of carbonyl (C=O) groups is 1. The molecule has 0 unspecified atom stereocenters. The fraction of sp³-hybridized carbons (Fsp3) is 0.333. The Bertz CT molecular complexity index is 1280. The van der Waals surface area contributed by atoms with E-state index in [1.807, 2.05) is 13.8 Å². The van der Waals surface area contributed by atoms with Crippen LogP contribution in [0.5, 0.6) is 0 Å². The van der Waals surface area contributed by atoms with Crippen LogP contribution in [-0.4, -0.2) is 54.3 Å². The van der Waals surface area contributed by atoms with Crippen LogP contribution < -0.4 is 4.87 Å². The number of rotatable bonds is 5. The van der Waals surface area contributed by atoms with Gasteiger partial charge in [0, 0.05) is 38.3 Å². The molecule has 1 amide bonds. The minimum Gasteiger partial charge on any atom is -0.465 e. The minimum atomic E-state index is -3.72. The van der Waals surface area contributed by atoms with Gasteiger partial charge < -0.3 is 9.32 Å². The van der Waals surface area contributed by atoms with Gasteiger partial charge >= 0.3 is 4.87 Å². The third kappa shape index (κ3) is 4.23. The van der Waals surface area contributed by atoms with Crippen molar-refractivity contribution in [3.05, 3.63) is 58.1 Å². The van der Waals surface area contributed by atoms with E-state index in [2.05, 4.69) is 0 Å². The molecule has 3 aromatic rings. The molecule has 31 heavy (non-hydrogen) atoms. The van der Waals surface area contributed by atoms with Gasteiger partial charge in [-0.1, -0.05) is 11.3 Å². The summed E-state index contributed by atoms with van der Waals surface area (Å²) >= 11 is 1.05. The Hall–Kier alpha value is -2.69. The number of aromatic nitrogens is 1. The van der Waals surface area contributed by atoms with Crippen LogP contribution in [0.15, 0.2) is 56.8 Å². The number of thiazole rings is 1. The highest BCUT2D eigenvalue weighted by Gasteiger charge is 2.30. The quantitative estimate of drug-likeness (QED) is 0.545. The number of hydrogen-bond acceptors (Lipinski definition) is 6. The van der Waals surface area contributed by atoms with Crippen LogP contribution in [0.4, 0.5) is 0 Å². The first-order valence-corrected chi connectivity index (χ1v) is 12.2. The van der Waals surface area contributed by atoms with E-state index in [4.69, 9.17) is 4.42 Å². The number of piperazine rings is 1. The first-order chi connectivity index (χ1) is 14.8. The predicted molar refractivity (Wildman–Crippen MR) is 120 cm³/mol. The van der Waals surface area contributed by atoms with Crippen molar-refractivity contribution in [2.45, 2.75) is 24.8 Å². The second-order valence-corrected chi connectivity index (χ2v) is 10.5.